The Hall–Kier alpha value is -2.33. The first kappa shape index (κ1) is 16.7. The third-order valence-corrected chi connectivity index (χ3v) is 3.43. The number of hydrogen-bond acceptors (Lipinski definition) is 4. The van der Waals surface area contributed by atoms with Crippen molar-refractivity contribution in [3.8, 4) is 12.3 Å². The highest BCUT2D eigenvalue weighted by Gasteiger charge is 2.15. The number of amides is 2. The van der Waals surface area contributed by atoms with Crippen LogP contribution in [0.1, 0.15) is 22.5 Å². The fourth-order valence-corrected chi connectivity index (χ4v) is 2.24. The number of carboxylic acid groups (broad SMARTS) is 1. The predicted octanol–water partition coefficient (Wildman–Crippen LogP) is 0.804. The Morgan fingerprint density at radius 3 is 2.76 bits per heavy atom. The van der Waals surface area contributed by atoms with Crippen molar-refractivity contribution in [2.75, 3.05) is 19.6 Å². The highest BCUT2D eigenvalue weighted by atomic mass is 32.1. The van der Waals surface area contributed by atoms with E-state index >= 15 is 0 Å². The minimum atomic E-state index is -1.11. The van der Waals surface area contributed by atoms with Gasteiger partial charge in [0, 0.05) is 13.0 Å². The summed E-state index contributed by atoms with van der Waals surface area (Å²) in [6.07, 6.45) is 5.66. The van der Waals surface area contributed by atoms with Gasteiger partial charge in [0.15, 0.2) is 0 Å². The van der Waals surface area contributed by atoms with Gasteiger partial charge >= 0.3 is 5.97 Å². The topological polar surface area (TPSA) is 86.7 Å². The van der Waals surface area contributed by atoms with Crippen molar-refractivity contribution in [3.63, 3.8) is 0 Å². The molecule has 1 aromatic rings. The van der Waals surface area contributed by atoms with Crippen LogP contribution < -0.4 is 5.32 Å². The maximum atomic E-state index is 11.8. The van der Waals surface area contributed by atoms with Gasteiger partial charge < -0.3 is 15.3 Å². The van der Waals surface area contributed by atoms with Gasteiger partial charge in [-0.3, -0.25) is 14.4 Å². The van der Waals surface area contributed by atoms with Crippen LogP contribution in [0, 0.1) is 12.3 Å². The highest BCUT2D eigenvalue weighted by molar-refractivity contribution is 7.12. The SMILES string of the molecule is C#CCN(CC(=O)O)C(=O)CCCNC(=O)c1cccs1. The Kier molecular flexibility index (Phi) is 6.98. The molecular weight excluding hydrogens is 292 g/mol. The van der Waals surface area contributed by atoms with Gasteiger partial charge in [-0.25, -0.2) is 0 Å². The molecule has 112 valence electrons. The lowest BCUT2D eigenvalue weighted by Crippen LogP contribution is -2.36. The van der Waals surface area contributed by atoms with Crippen LogP contribution in [0.2, 0.25) is 0 Å². The number of carbonyl (C=O) groups excluding carboxylic acids is 2. The molecule has 0 aliphatic rings. The molecule has 0 aliphatic carbocycles. The third kappa shape index (κ3) is 6.10. The first-order chi connectivity index (χ1) is 10.0. The second kappa shape index (κ2) is 8.76. The molecule has 1 heterocycles. The molecule has 0 aromatic carbocycles. The van der Waals surface area contributed by atoms with Gasteiger partial charge in [-0.2, -0.15) is 0 Å². The Bertz CT molecular complexity index is 534. The van der Waals surface area contributed by atoms with Crippen LogP contribution >= 0.6 is 11.3 Å². The highest BCUT2D eigenvalue weighted by Crippen LogP contribution is 2.07. The Morgan fingerprint density at radius 1 is 1.43 bits per heavy atom. The van der Waals surface area contributed by atoms with E-state index in [4.69, 9.17) is 11.5 Å². The lowest BCUT2D eigenvalue weighted by molar-refractivity contribution is -0.144. The molecule has 0 atom stereocenters. The summed E-state index contributed by atoms with van der Waals surface area (Å²) in [4.78, 5) is 35.8. The zero-order valence-electron chi connectivity index (χ0n) is 11.4. The number of nitrogens with one attached hydrogen (secondary N) is 1. The average Bonchev–Trinajstić information content (AvgIpc) is 2.96. The van der Waals surface area contributed by atoms with Crippen molar-refractivity contribution in [1.82, 2.24) is 10.2 Å². The number of terminal acetylenes is 1. The molecule has 0 unspecified atom stereocenters. The molecule has 6 nitrogen and oxygen atoms in total. The van der Waals surface area contributed by atoms with E-state index in [9.17, 15) is 14.4 Å². The van der Waals surface area contributed by atoms with Crippen molar-refractivity contribution < 1.29 is 19.5 Å². The number of carboxylic acids is 1. The van der Waals surface area contributed by atoms with Gasteiger partial charge in [0.2, 0.25) is 5.91 Å². The Labute approximate surface area is 126 Å². The number of rotatable bonds is 8. The number of nitrogens with zero attached hydrogens (tertiary/aromatic N) is 1. The van der Waals surface area contributed by atoms with E-state index in [1.54, 1.807) is 12.1 Å². The van der Waals surface area contributed by atoms with Crippen molar-refractivity contribution in [2.24, 2.45) is 0 Å². The monoisotopic (exact) mass is 308 g/mol. The summed E-state index contributed by atoms with van der Waals surface area (Å²) in [5, 5.41) is 13.2. The minimum Gasteiger partial charge on any atom is -0.480 e. The largest absolute Gasteiger partial charge is 0.480 e. The lowest BCUT2D eigenvalue weighted by atomic mass is 10.2. The van der Waals surface area contributed by atoms with Crippen LogP contribution in [0.25, 0.3) is 0 Å². The molecule has 1 aromatic heterocycles. The lowest BCUT2D eigenvalue weighted by Gasteiger charge is -2.17. The number of thiophene rings is 1. The van der Waals surface area contributed by atoms with Crippen molar-refractivity contribution in [3.05, 3.63) is 22.4 Å². The molecule has 21 heavy (non-hydrogen) atoms. The van der Waals surface area contributed by atoms with E-state index < -0.39 is 12.5 Å². The second-order valence-corrected chi connectivity index (χ2v) is 5.13. The summed E-state index contributed by atoms with van der Waals surface area (Å²) in [7, 11) is 0. The fourth-order valence-electron chi connectivity index (χ4n) is 1.60. The van der Waals surface area contributed by atoms with E-state index in [1.165, 1.54) is 11.3 Å². The molecule has 0 bridgehead atoms. The van der Waals surface area contributed by atoms with Crippen LogP contribution in [0.5, 0.6) is 0 Å². The van der Waals surface area contributed by atoms with E-state index in [1.807, 2.05) is 5.38 Å². The van der Waals surface area contributed by atoms with Gasteiger partial charge in [0.25, 0.3) is 5.91 Å². The van der Waals surface area contributed by atoms with E-state index in [0.717, 1.165) is 4.90 Å². The van der Waals surface area contributed by atoms with Gasteiger partial charge in [0.1, 0.15) is 6.54 Å². The van der Waals surface area contributed by atoms with E-state index in [0.29, 0.717) is 17.8 Å². The maximum Gasteiger partial charge on any atom is 0.323 e. The molecule has 0 saturated heterocycles. The Morgan fingerprint density at radius 2 is 2.19 bits per heavy atom. The van der Waals surface area contributed by atoms with Gasteiger partial charge in [-0.1, -0.05) is 12.0 Å². The van der Waals surface area contributed by atoms with Gasteiger partial charge in [0.05, 0.1) is 11.4 Å². The summed E-state index contributed by atoms with van der Waals surface area (Å²) >= 11 is 1.34. The molecule has 7 heteroatoms. The fraction of sp³-hybridized carbons (Fsp3) is 0.357. The quantitative estimate of drug-likeness (QED) is 0.549. The molecule has 0 spiro atoms. The zero-order valence-corrected chi connectivity index (χ0v) is 12.2. The van der Waals surface area contributed by atoms with Crippen LogP contribution in [0.3, 0.4) is 0 Å². The van der Waals surface area contributed by atoms with Gasteiger partial charge in [-0.05, 0) is 17.9 Å². The summed E-state index contributed by atoms with van der Waals surface area (Å²) in [6, 6.07) is 3.50. The van der Waals surface area contributed by atoms with Crippen molar-refractivity contribution >= 4 is 29.1 Å². The molecular formula is C14H16N2O4S. The molecule has 0 fully saturated rings. The first-order valence-corrected chi connectivity index (χ1v) is 7.17. The molecule has 2 N–H and O–H groups in total. The second-order valence-electron chi connectivity index (χ2n) is 4.18. The van der Waals surface area contributed by atoms with Crippen LogP contribution in [-0.4, -0.2) is 47.4 Å². The normalized spacial score (nSPS) is 9.67. The van der Waals surface area contributed by atoms with Gasteiger partial charge in [-0.15, -0.1) is 17.8 Å². The summed E-state index contributed by atoms with van der Waals surface area (Å²) in [6.45, 7) is -0.100. The van der Waals surface area contributed by atoms with Crippen LogP contribution in [-0.2, 0) is 9.59 Å². The molecule has 0 aliphatic heterocycles. The third-order valence-electron chi connectivity index (χ3n) is 2.56. The summed E-state index contributed by atoms with van der Waals surface area (Å²) < 4.78 is 0. The maximum absolute atomic E-state index is 11.8. The van der Waals surface area contributed by atoms with Crippen molar-refractivity contribution in [2.45, 2.75) is 12.8 Å². The smallest absolute Gasteiger partial charge is 0.323 e. The van der Waals surface area contributed by atoms with E-state index in [-0.39, 0.29) is 24.8 Å². The van der Waals surface area contributed by atoms with Crippen molar-refractivity contribution in [1.29, 1.82) is 0 Å². The molecule has 0 radical (unpaired) electrons. The summed E-state index contributed by atoms with van der Waals surface area (Å²) in [5.74, 6) is 0.638. The van der Waals surface area contributed by atoms with E-state index in [2.05, 4.69) is 11.2 Å². The summed E-state index contributed by atoms with van der Waals surface area (Å²) in [5.41, 5.74) is 0. The first-order valence-electron chi connectivity index (χ1n) is 6.29. The molecule has 0 saturated carbocycles. The molecule has 1 rings (SSSR count). The Balaban J connectivity index is 2.30. The standard InChI is InChI=1S/C14H16N2O4S/c1-2-8-16(10-13(18)19)12(17)6-3-7-15-14(20)11-5-4-9-21-11/h1,4-5,9H,3,6-8,10H2,(H,15,20)(H,18,19). The number of hydrogen-bond donors (Lipinski definition) is 2. The zero-order chi connectivity index (χ0) is 15.7. The van der Waals surface area contributed by atoms with Crippen LogP contribution in [0.15, 0.2) is 17.5 Å². The average molecular weight is 308 g/mol. The number of carbonyl (C=O) groups is 3. The predicted molar refractivity (Wildman–Crippen MR) is 78.9 cm³/mol. The van der Waals surface area contributed by atoms with Crippen LogP contribution in [0.4, 0.5) is 0 Å². The number of aliphatic carboxylic acids is 1. The minimum absolute atomic E-state index is 0.0350. The molecule has 2 amide bonds.